The van der Waals surface area contributed by atoms with Crippen molar-refractivity contribution in [2.45, 2.75) is 13.0 Å². The van der Waals surface area contributed by atoms with E-state index in [-0.39, 0.29) is 30.0 Å². The standard InChI is InChI=1S/C12H18FNO2.ClH/c1-9(14-6-7-15-2)10-4-5-12(16-3)11(13)8-10;/h4-5,8-9,14H,6-7H2,1-3H3;1H. The Morgan fingerprint density at radius 3 is 2.59 bits per heavy atom. The van der Waals surface area contributed by atoms with Crippen molar-refractivity contribution < 1.29 is 13.9 Å². The van der Waals surface area contributed by atoms with E-state index in [0.717, 1.165) is 12.1 Å². The molecule has 0 aliphatic rings. The predicted molar refractivity (Wildman–Crippen MR) is 68.5 cm³/mol. The van der Waals surface area contributed by atoms with Gasteiger partial charge in [-0.15, -0.1) is 12.4 Å². The average Bonchev–Trinajstić information content (AvgIpc) is 2.29. The van der Waals surface area contributed by atoms with Crippen LogP contribution in [0.15, 0.2) is 18.2 Å². The fourth-order valence-corrected chi connectivity index (χ4v) is 1.45. The van der Waals surface area contributed by atoms with E-state index in [4.69, 9.17) is 9.47 Å². The highest BCUT2D eigenvalue weighted by atomic mass is 35.5. The van der Waals surface area contributed by atoms with Crippen LogP contribution >= 0.6 is 12.4 Å². The zero-order chi connectivity index (χ0) is 12.0. The second-order valence-corrected chi connectivity index (χ2v) is 3.56. The minimum atomic E-state index is -0.333. The Balaban J connectivity index is 0.00000256. The number of hydrogen-bond acceptors (Lipinski definition) is 3. The molecule has 5 heteroatoms. The van der Waals surface area contributed by atoms with Crippen LogP contribution in [-0.2, 0) is 4.74 Å². The molecule has 0 fully saturated rings. The molecule has 98 valence electrons. The number of rotatable bonds is 6. The monoisotopic (exact) mass is 263 g/mol. The third-order valence-corrected chi connectivity index (χ3v) is 2.43. The van der Waals surface area contributed by atoms with Crippen molar-refractivity contribution in [1.82, 2.24) is 5.32 Å². The summed E-state index contributed by atoms with van der Waals surface area (Å²) < 4.78 is 23.2. The maximum Gasteiger partial charge on any atom is 0.165 e. The molecular formula is C12H19ClFNO2. The smallest absolute Gasteiger partial charge is 0.165 e. The van der Waals surface area contributed by atoms with Crippen molar-refractivity contribution in [1.29, 1.82) is 0 Å². The molecule has 1 N–H and O–H groups in total. The van der Waals surface area contributed by atoms with Crippen LogP contribution < -0.4 is 10.1 Å². The summed E-state index contributed by atoms with van der Waals surface area (Å²) in [7, 11) is 3.11. The van der Waals surface area contributed by atoms with Crippen molar-refractivity contribution in [3.05, 3.63) is 29.6 Å². The summed E-state index contributed by atoms with van der Waals surface area (Å²) in [5.74, 6) is -0.0618. The highest BCUT2D eigenvalue weighted by Crippen LogP contribution is 2.21. The molecule has 0 saturated carbocycles. The van der Waals surface area contributed by atoms with Gasteiger partial charge in [-0.3, -0.25) is 0 Å². The number of benzene rings is 1. The number of halogens is 2. The highest BCUT2D eigenvalue weighted by molar-refractivity contribution is 5.85. The molecule has 17 heavy (non-hydrogen) atoms. The summed E-state index contributed by atoms with van der Waals surface area (Å²) >= 11 is 0. The van der Waals surface area contributed by atoms with Gasteiger partial charge < -0.3 is 14.8 Å². The Bertz CT molecular complexity index is 336. The van der Waals surface area contributed by atoms with Gasteiger partial charge in [-0.1, -0.05) is 6.07 Å². The fraction of sp³-hybridized carbons (Fsp3) is 0.500. The SMILES string of the molecule is COCCNC(C)c1ccc(OC)c(F)c1.Cl. The van der Waals surface area contributed by atoms with Crippen molar-refractivity contribution in [3.63, 3.8) is 0 Å². The van der Waals surface area contributed by atoms with Crippen LogP contribution in [0.25, 0.3) is 0 Å². The van der Waals surface area contributed by atoms with Crippen molar-refractivity contribution in [2.24, 2.45) is 0 Å². The van der Waals surface area contributed by atoms with Gasteiger partial charge in [0.1, 0.15) is 0 Å². The second-order valence-electron chi connectivity index (χ2n) is 3.56. The molecular weight excluding hydrogens is 245 g/mol. The molecule has 1 atom stereocenters. The van der Waals surface area contributed by atoms with Crippen LogP contribution in [0.4, 0.5) is 4.39 Å². The molecule has 0 bridgehead atoms. The molecule has 3 nitrogen and oxygen atoms in total. The van der Waals surface area contributed by atoms with E-state index >= 15 is 0 Å². The molecule has 0 spiro atoms. The topological polar surface area (TPSA) is 30.5 Å². The molecule has 0 saturated heterocycles. The van der Waals surface area contributed by atoms with Gasteiger partial charge in [0.25, 0.3) is 0 Å². The molecule has 0 aliphatic carbocycles. The van der Waals surface area contributed by atoms with E-state index < -0.39 is 0 Å². The lowest BCUT2D eigenvalue weighted by atomic mass is 10.1. The number of ether oxygens (including phenoxy) is 2. The second kappa shape index (κ2) is 8.28. The van der Waals surface area contributed by atoms with E-state index in [1.807, 2.05) is 13.0 Å². The first kappa shape index (κ1) is 16.2. The molecule has 0 aromatic heterocycles. The van der Waals surface area contributed by atoms with Gasteiger partial charge in [0.2, 0.25) is 0 Å². The zero-order valence-corrected chi connectivity index (χ0v) is 11.1. The normalized spacial score (nSPS) is 11.8. The molecule has 0 radical (unpaired) electrons. The summed E-state index contributed by atoms with van der Waals surface area (Å²) in [4.78, 5) is 0. The minimum Gasteiger partial charge on any atom is -0.494 e. The first-order valence-corrected chi connectivity index (χ1v) is 5.24. The molecule has 0 aliphatic heterocycles. The van der Waals surface area contributed by atoms with Crippen LogP contribution in [-0.4, -0.2) is 27.4 Å². The Morgan fingerprint density at radius 1 is 1.35 bits per heavy atom. The van der Waals surface area contributed by atoms with Gasteiger partial charge in [0, 0.05) is 19.7 Å². The molecule has 1 unspecified atom stereocenters. The number of nitrogens with one attached hydrogen (secondary N) is 1. The number of hydrogen-bond donors (Lipinski definition) is 1. The lowest BCUT2D eigenvalue weighted by Crippen LogP contribution is -2.22. The van der Waals surface area contributed by atoms with Crippen molar-refractivity contribution >= 4 is 12.4 Å². The maximum absolute atomic E-state index is 13.4. The van der Waals surface area contributed by atoms with E-state index in [2.05, 4.69) is 5.32 Å². The lowest BCUT2D eigenvalue weighted by molar-refractivity contribution is 0.196. The van der Waals surface area contributed by atoms with E-state index in [9.17, 15) is 4.39 Å². The van der Waals surface area contributed by atoms with E-state index in [1.54, 1.807) is 13.2 Å². The highest BCUT2D eigenvalue weighted by Gasteiger charge is 2.08. The van der Waals surface area contributed by atoms with E-state index in [0.29, 0.717) is 6.61 Å². The summed E-state index contributed by atoms with van der Waals surface area (Å²) in [5, 5.41) is 3.23. The Labute approximate surface area is 108 Å². The van der Waals surface area contributed by atoms with Gasteiger partial charge >= 0.3 is 0 Å². The Kier molecular flexibility index (Phi) is 7.87. The summed E-state index contributed by atoms with van der Waals surface area (Å²) in [6, 6.07) is 5.07. The van der Waals surface area contributed by atoms with E-state index in [1.165, 1.54) is 13.2 Å². The lowest BCUT2D eigenvalue weighted by Gasteiger charge is -2.14. The summed E-state index contributed by atoms with van der Waals surface area (Å²) in [5.41, 5.74) is 0.898. The van der Waals surface area contributed by atoms with Gasteiger partial charge in [0.05, 0.1) is 13.7 Å². The molecule has 0 amide bonds. The third kappa shape index (κ3) is 4.89. The molecule has 1 aromatic carbocycles. The van der Waals surface area contributed by atoms with Crippen LogP contribution in [0.5, 0.6) is 5.75 Å². The Morgan fingerprint density at radius 2 is 2.06 bits per heavy atom. The molecule has 1 aromatic rings. The average molecular weight is 264 g/mol. The number of methoxy groups -OCH3 is 2. The van der Waals surface area contributed by atoms with Crippen molar-refractivity contribution in [2.75, 3.05) is 27.4 Å². The van der Waals surface area contributed by atoms with Gasteiger partial charge in [0.15, 0.2) is 11.6 Å². The predicted octanol–water partition coefficient (Wildman–Crippen LogP) is 2.55. The quantitative estimate of drug-likeness (QED) is 0.800. The minimum absolute atomic E-state index is 0. The largest absolute Gasteiger partial charge is 0.494 e. The molecule has 0 heterocycles. The third-order valence-electron chi connectivity index (χ3n) is 2.43. The first-order valence-electron chi connectivity index (χ1n) is 5.24. The van der Waals surface area contributed by atoms with Crippen LogP contribution in [0, 0.1) is 5.82 Å². The maximum atomic E-state index is 13.4. The van der Waals surface area contributed by atoms with Crippen LogP contribution in [0.1, 0.15) is 18.5 Å². The fourth-order valence-electron chi connectivity index (χ4n) is 1.45. The van der Waals surface area contributed by atoms with Gasteiger partial charge in [-0.05, 0) is 24.6 Å². The van der Waals surface area contributed by atoms with Gasteiger partial charge in [-0.25, -0.2) is 4.39 Å². The van der Waals surface area contributed by atoms with Crippen LogP contribution in [0.2, 0.25) is 0 Å². The molecule has 1 rings (SSSR count). The van der Waals surface area contributed by atoms with Crippen LogP contribution in [0.3, 0.4) is 0 Å². The first-order chi connectivity index (χ1) is 7.69. The Hall–Kier alpha value is -0.840. The zero-order valence-electron chi connectivity index (χ0n) is 10.3. The van der Waals surface area contributed by atoms with Gasteiger partial charge in [-0.2, -0.15) is 0 Å². The van der Waals surface area contributed by atoms with Crippen molar-refractivity contribution in [3.8, 4) is 5.75 Å². The summed E-state index contributed by atoms with van der Waals surface area (Å²) in [6.07, 6.45) is 0. The summed E-state index contributed by atoms with van der Waals surface area (Å²) in [6.45, 7) is 3.37.